The van der Waals surface area contributed by atoms with E-state index in [9.17, 15) is 8.42 Å². The molecule has 1 aromatic rings. The van der Waals surface area contributed by atoms with Crippen molar-refractivity contribution in [3.05, 3.63) is 29.8 Å². The lowest BCUT2D eigenvalue weighted by Crippen LogP contribution is -2.18. The third-order valence-electron chi connectivity index (χ3n) is 2.74. The van der Waals surface area contributed by atoms with Crippen LogP contribution in [0.15, 0.2) is 29.2 Å². The quantitative estimate of drug-likeness (QED) is 0.817. The molecule has 0 radical (unpaired) electrons. The summed E-state index contributed by atoms with van der Waals surface area (Å²) in [5, 5.41) is -0.298. The Labute approximate surface area is 114 Å². The third-order valence-corrected chi connectivity index (χ3v) is 6.20. The highest BCUT2D eigenvalue weighted by Crippen LogP contribution is 2.22. The van der Waals surface area contributed by atoms with Crippen molar-refractivity contribution in [3.8, 4) is 0 Å². The first-order chi connectivity index (χ1) is 8.33. The number of hydrogen-bond acceptors (Lipinski definition) is 4. The van der Waals surface area contributed by atoms with Crippen molar-refractivity contribution in [2.75, 3.05) is 11.5 Å². The Morgan fingerprint density at radius 2 is 1.94 bits per heavy atom. The molecule has 18 heavy (non-hydrogen) atoms. The van der Waals surface area contributed by atoms with Gasteiger partial charge < -0.3 is 5.73 Å². The zero-order valence-electron chi connectivity index (χ0n) is 11.1. The third kappa shape index (κ3) is 4.63. The van der Waals surface area contributed by atoms with Gasteiger partial charge in [-0.1, -0.05) is 12.1 Å². The SMILES string of the molecule is CC(N)c1cccc(SCCS(=O)(=O)C(C)C)c1. The van der Waals surface area contributed by atoms with Crippen LogP contribution in [-0.2, 0) is 9.84 Å². The molecule has 0 spiro atoms. The van der Waals surface area contributed by atoms with E-state index < -0.39 is 9.84 Å². The Morgan fingerprint density at radius 3 is 2.50 bits per heavy atom. The number of rotatable bonds is 6. The molecule has 0 aliphatic carbocycles. The van der Waals surface area contributed by atoms with E-state index in [1.165, 1.54) is 0 Å². The predicted octanol–water partition coefficient (Wildman–Crippen LogP) is 2.62. The highest BCUT2D eigenvalue weighted by Gasteiger charge is 2.15. The van der Waals surface area contributed by atoms with Crippen LogP contribution in [0, 0.1) is 0 Å². The van der Waals surface area contributed by atoms with E-state index in [0.29, 0.717) is 5.75 Å². The Kier molecular flexibility index (Phi) is 5.69. The van der Waals surface area contributed by atoms with Gasteiger partial charge in [0.25, 0.3) is 0 Å². The lowest BCUT2D eigenvalue weighted by atomic mass is 10.1. The molecule has 1 unspecified atom stereocenters. The normalized spacial score (nSPS) is 13.8. The molecule has 0 aromatic heterocycles. The van der Waals surface area contributed by atoms with E-state index in [4.69, 9.17) is 5.73 Å². The summed E-state index contributed by atoms with van der Waals surface area (Å²) in [7, 11) is -2.94. The van der Waals surface area contributed by atoms with Crippen LogP contribution in [0.1, 0.15) is 32.4 Å². The van der Waals surface area contributed by atoms with Crippen molar-refractivity contribution in [3.63, 3.8) is 0 Å². The minimum atomic E-state index is -2.94. The van der Waals surface area contributed by atoms with Crippen molar-refractivity contribution in [1.29, 1.82) is 0 Å². The second kappa shape index (κ2) is 6.59. The zero-order chi connectivity index (χ0) is 13.8. The van der Waals surface area contributed by atoms with Crippen LogP contribution in [0.25, 0.3) is 0 Å². The molecule has 0 heterocycles. The van der Waals surface area contributed by atoms with E-state index in [-0.39, 0.29) is 17.0 Å². The summed E-state index contributed by atoms with van der Waals surface area (Å²) in [5.41, 5.74) is 6.89. The van der Waals surface area contributed by atoms with Crippen molar-refractivity contribution >= 4 is 21.6 Å². The first-order valence-electron chi connectivity index (χ1n) is 6.03. The fourth-order valence-corrected chi connectivity index (χ4v) is 3.76. The van der Waals surface area contributed by atoms with Gasteiger partial charge in [0.2, 0.25) is 0 Å². The molecule has 3 nitrogen and oxygen atoms in total. The summed E-state index contributed by atoms with van der Waals surface area (Å²) in [6, 6.07) is 7.96. The van der Waals surface area contributed by atoms with Crippen LogP contribution < -0.4 is 5.73 Å². The average Bonchev–Trinajstić information content (AvgIpc) is 2.29. The lowest BCUT2D eigenvalue weighted by Gasteiger charge is -2.09. The smallest absolute Gasteiger partial charge is 0.153 e. The van der Waals surface area contributed by atoms with Crippen LogP contribution in [0.5, 0.6) is 0 Å². The van der Waals surface area contributed by atoms with Gasteiger partial charge in [-0.15, -0.1) is 11.8 Å². The number of thioether (sulfide) groups is 1. The predicted molar refractivity (Wildman–Crippen MR) is 78.7 cm³/mol. The zero-order valence-corrected chi connectivity index (χ0v) is 12.7. The Hall–Kier alpha value is -0.520. The van der Waals surface area contributed by atoms with Crippen LogP contribution in [0.4, 0.5) is 0 Å². The molecule has 0 saturated carbocycles. The molecule has 1 aromatic carbocycles. The van der Waals surface area contributed by atoms with Crippen molar-refractivity contribution < 1.29 is 8.42 Å². The van der Waals surface area contributed by atoms with Gasteiger partial charge >= 0.3 is 0 Å². The van der Waals surface area contributed by atoms with Gasteiger partial charge in [0.1, 0.15) is 0 Å². The molecule has 0 aliphatic rings. The molecule has 0 bridgehead atoms. The number of hydrogen-bond donors (Lipinski definition) is 1. The molecule has 0 amide bonds. The lowest BCUT2D eigenvalue weighted by molar-refractivity contribution is 0.589. The minimum Gasteiger partial charge on any atom is -0.324 e. The Balaban J connectivity index is 2.57. The first kappa shape index (κ1) is 15.5. The van der Waals surface area contributed by atoms with Crippen LogP contribution in [0.3, 0.4) is 0 Å². The molecule has 102 valence electrons. The van der Waals surface area contributed by atoms with Gasteiger partial charge in [-0.2, -0.15) is 0 Å². The molecular weight excluding hydrogens is 266 g/mol. The van der Waals surface area contributed by atoms with E-state index in [1.54, 1.807) is 25.6 Å². The Morgan fingerprint density at radius 1 is 1.28 bits per heavy atom. The highest BCUT2D eigenvalue weighted by atomic mass is 32.2. The largest absolute Gasteiger partial charge is 0.324 e. The van der Waals surface area contributed by atoms with Gasteiger partial charge in [0, 0.05) is 16.7 Å². The summed E-state index contributed by atoms with van der Waals surface area (Å²) < 4.78 is 23.3. The van der Waals surface area contributed by atoms with E-state index in [1.807, 2.05) is 31.2 Å². The number of sulfone groups is 1. The van der Waals surface area contributed by atoms with Crippen molar-refractivity contribution in [1.82, 2.24) is 0 Å². The van der Waals surface area contributed by atoms with Crippen molar-refractivity contribution in [2.45, 2.75) is 37.0 Å². The maximum atomic E-state index is 11.7. The van der Waals surface area contributed by atoms with E-state index in [2.05, 4.69) is 0 Å². The van der Waals surface area contributed by atoms with Crippen LogP contribution in [0.2, 0.25) is 0 Å². The van der Waals surface area contributed by atoms with Crippen LogP contribution in [-0.4, -0.2) is 25.2 Å². The fourth-order valence-electron chi connectivity index (χ4n) is 1.40. The summed E-state index contributed by atoms with van der Waals surface area (Å²) >= 11 is 1.56. The number of benzene rings is 1. The molecule has 2 N–H and O–H groups in total. The summed E-state index contributed by atoms with van der Waals surface area (Å²) in [6.45, 7) is 5.38. The van der Waals surface area contributed by atoms with Crippen LogP contribution >= 0.6 is 11.8 Å². The first-order valence-corrected chi connectivity index (χ1v) is 8.73. The molecule has 0 aliphatic heterocycles. The van der Waals surface area contributed by atoms with Crippen molar-refractivity contribution in [2.24, 2.45) is 5.73 Å². The molecule has 0 fully saturated rings. The monoisotopic (exact) mass is 287 g/mol. The summed E-state index contributed by atoms with van der Waals surface area (Å²) in [5.74, 6) is 0.806. The molecule has 1 atom stereocenters. The highest BCUT2D eigenvalue weighted by molar-refractivity contribution is 8.00. The Bertz CT molecular complexity index is 482. The number of nitrogens with two attached hydrogens (primary N) is 1. The second-order valence-electron chi connectivity index (χ2n) is 4.63. The average molecular weight is 287 g/mol. The maximum Gasteiger partial charge on any atom is 0.153 e. The van der Waals surface area contributed by atoms with Gasteiger partial charge in [0.05, 0.1) is 11.0 Å². The molecule has 0 saturated heterocycles. The van der Waals surface area contributed by atoms with E-state index in [0.717, 1.165) is 10.5 Å². The topological polar surface area (TPSA) is 60.2 Å². The molecule has 1 rings (SSSR count). The minimum absolute atomic E-state index is 0.00458. The second-order valence-corrected chi connectivity index (χ2v) is 8.47. The van der Waals surface area contributed by atoms with E-state index >= 15 is 0 Å². The van der Waals surface area contributed by atoms with Gasteiger partial charge in [0.15, 0.2) is 9.84 Å². The summed E-state index contributed by atoms with van der Waals surface area (Å²) in [4.78, 5) is 1.07. The maximum absolute atomic E-state index is 11.7. The fraction of sp³-hybridized carbons (Fsp3) is 0.538. The van der Waals surface area contributed by atoms with Gasteiger partial charge in [-0.25, -0.2) is 8.42 Å². The molecule has 5 heteroatoms. The summed E-state index contributed by atoms with van der Waals surface area (Å²) in [6.07, 6.45) is 0. The molecular formula is C13H21NO2S2. The van der Waals surface area contributed by atoms with Gasteiger partial charge in [-0.3, -0.25) is 0 Å². The van der Waals surface area contributed by atoms with Gasteiger partial charge in [-0.05, 0) is 38.5 Å². The standard InChI is InChI=1S/C13H21NO2S2/c1-10(2)18(15,16)8-7-17-13-6-4-5-12(9-13)11(3)14/h4-6,9-11H,7-8,14H2,1-3H3.